The number of piperidine rings is 1. The molecule has 1 heterocycles. The van der Waals surface area contributed by atoms with E-state index >= 15 is 0 Å². The maximum absolute atomic E-state index is 12.5. The Bertz CT molecular complexity index is 358. The van der Waals surface area contributed by atoms with E-state index in [4.69, 9.17) is 0 Å². The minimum atomic E-state index is 0.457. The summed E-state index contributed by atoms with van der Waals surface area (Å²) in [6.07, 6.45) is 10.3. The van der Waals surface area contributed by atoms with E-state index in [9.17, 15) is 4.79 Å². The maximum atomic E-state index is 12.5. The zero-order chi connectivity index (χ0) is 12.2. The van der Waals surface area contributed by atoms with Gasteiger partial charge in [-0.3, -0.25) is 4.79 Å². The molecule has 3 aliphatic carbocycles. The summed E-state index contributed by atoms with van der Waals surface area (Å²) in [6.45, 7) is 2.27. The number of carbonyl (C=O) groups excluding carboxylic acids is 1. The molecule has 100 valence electrons. The lowest BCUT2D eigenvalue weighted by Crippen LogP contribution is -2.31. The van der Waals surface area contributed by atoms with Crippen LogP contribution in [0.25, 0.3) is 0 Å². The largest absolute Gasteiger partial charge is 0.317 e. The van der Waals surface area contributed by atoms with Crippen LogP contribution in [0.2, 0.25) is 0 Å². The molecule has 0 aromatic rings. The Balaban J connectivity index is 1.35. The normalized spacial score (nSPS) is 44.4. The molecule has 1 saturated heterocycles. The van der Waals surface area contributed by atoms with E-state index in [-0.39, 0.29) is 0 Å². The summed E-state index contributed by atoms with van der Waals surface area (Å²) in [5, 5.41) is 3.42. The SMILES string of the molecule is O=C(CC1CC2CCC1C2)C1CC12CCNCC2. The molecule has 0 aromatic heterocycles. The van der Waals surface area contributed by atoms with E-state index in [1.54, 1.807) is 0 Å². The zero-order valence-corrected chi connectivity index (χ0v) is 11.3. The van der Waals surface area contributed by atoms with Crippen molar-refractivity contribution in [3.8, 4) is 0 Å². The van der Waals surface area contributed by atoms with Crippen molar-refractivity contribution in [3.63, 3.8) is 0 Å². The molecule has 2 nitrogen and oxygen atoms in total. The number of ketones is 1. The maximum Gasteiger partial charge on any atom is 0.136 e. The first-order valence-electron chi connectivity index (χ1n) is 8.00. The average molecular weight is 247 g/mol. The molecular formula is C16H25NO. The molecule has 1 N–H and O–H groups in total. The zero-order valence-electron chi connectivity index (χ0n) is 11.3. The molecule has 4 fully saturated rings. The second-order valence-corrected chi connectivity index (χ2v) is 7.47. The third kappa shape index (κ3) is 1.76. The molecule has 3 saturated carbocycles. The minimum Gasteiger partial charge on any atom is -0.317 e. The molecular weight excluding hydrogens is 222 g/mol. The molecule has 4 unspecified atom stereocenters. The topological polar surface area (TPSA) is 29.1 Å². The molecule has 1 spiro atoms. The Morgan fingerprint density at radius 2 is 2.00 bits per heavy atom. The van der Waals surface area contributed by atoms with Crippen LogP contribution in [-0.4, -0.2) is 18.9 Å². The van der Waals surface area contributed by atoms with Gasteiger partial charge in [-0.1, -0.05) is 6.42 Å². The molecule has 4 atom stereocenters. The van der Waals surface area contributed by atoms with E-state index in [0.29, 0.717) is 17.1 Å². The lowest BCUT2D eigenvalue weighted by Gasteiger charge is -2.24. The first-order chi connectivity index (χ1) is 8.77. The van der Waals surface area contributed by atoms with Crippen LogP contribution >= 0.6 is 0 Å². The van der Waals surface area contributed by atoms with Gasteiger partial charge in [0.2, 0.25) is 0 Å². The van der Waals surface area contributed by atoms with Crippen molar-refractivity contribution in [2.24, 2.45) is 29.1 Å². The fraction of sp³-hybridized carbons (Fsp3) is 0.938. The Morgan fingerprint density at radius 1 is 1.17 bits per heavy atom. The number of Topliss-reactive ketones (excluding diaryl/α,β-unsaturated/α-hetero) is 1. The van der Waals surface area contributed by atoms with Gasteiger partial charge in [0, 0.05) is 12.3 Å². The summed E-state index contributed by atoms with van der Waals surface area (Å²) in [6, 6.07) is 0. The summed E-state index contributed by atoms with van der Waals surface area (Å²) < 4.78 is 0. The number of rotatable bonds is 3. The Hall–Kier alpha value is -0.370. The van der Waals surface area contributed by atoms with Gasteiger partial charge in [-0.15, -0.1) is 0 Å². The molecule has 4 aliphatic rings. The molecule has 0 amide bonds. The monoisotopic (exact) mass is 247 g/mol. The Morgan fingerprint density at radius 3 is 2.67 bits per heavy atom. The first kappa shape index (κ1) is 11.5. The molecule has 2 bridgehead atoms. The van der Waals surface area contributed by atoms with Crippen molar-refractivity contribution in [1.82, 2.24) is 5.32 Å². The number of fused-ring (bicyclic) bond motifs is 2. The van der Waals surface area contributed by atoms with Crippen molar-refractivity contribution >= 4 is 5.78 Å². The van der Waals surface area contributed by atoms with Crippen molar-refractivity contribution in [3.05, 3.63) is 0 Å². The predicted octanol–water partition coefficient (Wildman–Crippen LogP) is 2.77. The summed E-state index contributed by atoms with van der Waals surface area (Å²) in [5.74, 6) is 3.77. The van der Waals surface area contributed by atoms with Gasteiger partial charge in [-0.05, 0) is 74.8 Å². The molecule has 0 radical (unpaired) electrons. The van der Waals surface area contributed by atoms with Gasteiger partial charge < -0.3 is 5.32 Å². The van der Waals surface area contributed by atoms with Crippen LogP contribution in [0.4, 0.5) is 0 Å². The standard InChI is InChI=1S/C16H25NO/c18-15(9-13-8-11-1-2-12(13)7-11)14-10-16(14)3-5-17-6-4-16/h11-14,17H,1-10H2. The van der Waals surface area contributed by atoms with Gasteiger partial charge in [-0.25, -0.2) is 0 Å². The van der Waals surface area contributed by atoms with Gasteiger partial charge in [0.05, 0.1) is 0 Å². The van der Waals surface area contributed by atoms with Gasteiger partial charge >= 0.3 is 0 Å². The van der Waals surface area contributed by atoms with Gasteiger partial charge in [0.1, 0.15) is 5.78 Å². The van der Waals surface area contributed by atoms with Gasteiger partial charge in [-0.2, -0.15) is 0 Å². The minimum absolute atomic E-state index is 0.457. The van der Waals surface area contributed by atoms with Crippen molar-refractivity contribution in [2.75, 3.05) is 13.1 Å². The highest BCUT2D eigenvalue weighted by Gasteiger charge is 2.57. The van der Waals surface area contributed by atoms with Crippen LogP contribution in [0.3, 0.4) is 0 Å². The number of nitrogens with one attached hydrogen (secondary N) is 1. The second kappa shape index (κ2) is 4.06. The number of hydrogen-bond acceptors (Lipinski definition) is 2. The molecule has 18 heavy (non-hydrogen) atoms. The second-order valence-electron chi connectivity index (χ2n) is 7.47. The summed E-state index contributed by atoms with van der Waals surface area (Å²) in [4.78, 5) is 12.5. The van der Waals surface area contributed by atoms with Crippen LogP contribution in [0, 0.1) is 29.1 Å². The lowest BCUT2D eigenvalue weighted by molar-refractivity contribution is -0.122. The predicted molar refractivity (Wildman–Crippen MR) is 71.2 cm³/mol. The Kier molecular flexibility index (Phi) is 2.58. The number of carbonyl (C=O) groups is 1. The summed E-state index contributed by atoms with van der Waals surface area (Å²) in [7, 11) is 0. The van der Waals surface area contributed by atoms with Crippen molar-refractivity contribution < 1.29 is 4.79 Å². The van der Waals surface area contributed by atoms with Crippen LogP contribution in [-0.2, 0) is 4.79 Å². The molecule has 4 rings (SSSR count). The molecule has 0 aromatic carbocycles. The summed E-state index contributed by atoms with van der Waals surface area (Å²) in [5.41, 5.74) is 0.458. The van der Waals surface area contributed by atoms with Crippen LogP contribution < -0.4 is 5.32 Å². The fourth-order valence-electron chi connectivity index (χ4n) is 5.31. The molecule has 1 aliphatic heterocycles. The fourth-order valence-corrected chi connectivity index (χ4v) is 5.31. The average Bonchev–Trinajstić information content (AvgIpc) is 2.76. The van der Waals surface area contributed by atoms with Crippen LogP contribution in [0.1, 0.15) is 51.4 Å². The molecule has 2 heteroatoms. The quantitative estimate of drug-likeness (QED) is 0.831. The van der Waals surface area contributed by atoms with Crippen LogP contribution in [0.5, 0.6) is 0 Å². The van der Waals surface area contributed by atoms with E-state index < -0.39 is 0 Å². The number of hydrogen-bond donors (Lipinski definition) is 1. The summed E-state index contributed by atoms with van der Waals surface area (Å²) >= 11 is 0. The highest BCUT2D eigenvalue weighted by Crippen LogP contribution is 2.60. The van der Waals surface area contributed by atoms with Crippen molar-refractivity contribution in [1.29, 1.82) is 0 Å². The van der Waals surface area contributed by atoms with Crippen molar-refractivity contribution in [2.45, 2.75) is 51.4 Å². The van der Waals surface area contributed by atoms with Gasteiger partial charge in [0.25, 0.3) is 0 Å². The highest BCUT2D eigenvalue weighted by molar-refractivity contribution is 5.85. The third-order valence-electron chi connectivity index (χ3n) is 6.53. The van der Waals surface area contributed by atoms with Gasteiger partial charge in [0.15, 0.2) is 0 Å². The smallest absolute Gasteiger partial charge is 0.136 e. The van der Waals surface area contributed by atoms with E-state index in [1.165, 1.54) is 44.9 Å². The Labute approximate surface area is 110 Å². The first-order valence-corrected chi connectivity index (χ1v) is 8.00. The van der Waals surface area contributed by atoms with E-state index in [0.717, 1.165) is 37.3 Å². The van der Waals surface area contributed by atoms with Crippen LogP contribution in [0.15, 0.2) is 0 Å². The highest BCUT2D eigenvalue weighted by atomic mass is 16.1. The third-order valence-corrected chi connectivity index (χ3v) is 6.53. The van der Waals surface area contributed by atoms with E-state index in [1.807, 2.05) is 0 Å². The van der Waals surface area contributed by atoms with E-state index in [2.05, 4.69) is 5.32 Å². The lowest BCUT2D eigenvalue weighted by atomic mass is 9.83.